The van der Waals surface area contributed by atoms with E-state index in [2.05, 4.69) is 10.3 Å². The lowest BCUT2D eigenvalue weighted by Crippen LogP contribution is -2.42. The molecule has 1 aliphatic rings. The van der Waals surface area contributed by atoms with Gasteiger partial charge in [-0.05, 0) is 33.9 Å². The maximum Gasteiger partial charge on any atom is 0.407 e. The second kappa shape index (κ2) is 8.55. The van der Waals surface area contributed by atoms with Crippen LogP contribution in [0.3, 0.4) is 0 Å². The SMILES string of the molecule is O=C(NC(Cc1cncc(Cl)c1)C(=O)O)OCC1c2ccccc2-c2ccccc21. The number of hydrogen-bond acceptors (Lipinski definition) is 4. The largest absolute Gasteiger partial charge is 0.480 e. The number of alkyl carbamates (subject to hydrolysis) is 1. The van der Waals surface area contributed by atoms with Crippen LogP contribution >= 0.6 is 11.6 Å². The van der Waals surface area contributed by atoms with E-state index in [1.165, 1.54) is 12.4 Å². The molecule has 1 aromatic heterocycles. The number of hydrogen-bond donors (Lipinski definition) is 2. The van der Waals surface area contributed by atoms with E-state index in [0.29, 0.717) is 10.6 Å². The van der Waals surface area contributed by atoms with Crippen molar-refractivity contribution >= 4 is 23.7 Å². The van der Waals surface area contributed by atoms with Gasteiger partial charge in [0, 0.05) is 24.7 Å². The molecule has 152 valence electrons. The monoisotopic (exact) mass is 422 g/mol. The number of carbonyl (C=O) groups is 2. The molecule has 4 rings (SSSR count). The van der Waals surface area contributed by atoms with Gasteiger partial charge in [-0.1, -0.05) is 60.1 Å². The molecule has 7 heteroatoms. The van der Waals surface area contributed by atoms with E-state index in [1.807, 2.05) is 48.5 Å². The molecule has 1 unspecified atom stereocenters. The second-order valence-corrected chi connectivity index (χ2v) is 7.51. The van der Waals surface area contributed by atoms with E-state index in [-0.39, 0.29) is 18.9 Å². The molecule has 0 saturated carbocycles. The summed E-state index contributed by atoms with van der Waals surface area (Å²) in [6.45, 7) is 0.116. The lowest BCUT2D eigenvalue weighted by molar-refractivity contribution is -0.139. The number of pyridine rings is 1. The van der Waals surface area contributed by atoms with Crippen molar-refractivity contribution in [3.63, 3.8) is 0 Å². The third kappa shape index (κ3) is 4.14. The first kappa shape index (κ1) is 19.9. The highest BCUT2D eigenvalue weighted by Crippen LogP contribution is 2.44. The van der Waals surface area contributed by atoms with Gasteiger partial charge in [0.15, 0.2) is 0 Å². The number of ether oxygens (including phenoxy) is 1. The van der Waals surface area contributed by atoms with Crippen LogP contribution in [0.4, 0.5) is 4.79 Å². The van der Waals surface area contributed by atoms with E-state index in [9.17, 15) is 14.7 Å². The molecule has 0 aliphatic heterocycles. The first-order valence-electron chi connectivity index (χ1n) is 9.46. The highest BCUT2D eigenvalue weighted by molar-refractivity contribution is 6.30. The first-order chi connectivity index (χ1) is 14.5. The Balaban J connectivity index is 1.43. The van der Waals surface area contributed by atoms with Crippen molar-refractivity contribution in [2.45, 2.75) is 18.4 Å². The van der Waals surface area contributed by atoms with Gasteiger partial charge in [-0.2, -0.15) is 0 Å². The Labute approximate surface area is 178 Å². The molecule has 0 fully saturated rings. The summed E-state index contributed by atoms with van der Waals surface area (Å²) in [7, 11) is 0. The zero-order chi connectivity index (χ0) is 21.1. The summed E-state index contributed by atoms with van der Waals surface area (Å²) in [6, 6.07) is 16.5. The number of carboxylic acid groups (broad SMARTS) is 1. The minimum atomic E-state index is -1.16. The van der Waals surface area contributed by atoms with Crippen LogP contribution in [-0.2, 0) is 16.0 Å². The van der Waals surface area contributed by atoms with Crippen LogP contribution in [0.25, 0.3) is 11.1 Å². The van der Waals surface area contributed by atoms with Gasteiger partial charge in [0.05, 0.1) is 5.02 Å². The number of fused-ring (bicyclic) bond motifs is 3. The summed E-state index contributed by atoms with van der Waals surface area (Å²) in [6.07, 6.45) is 2.24. The van der Waals surface area contributed by atoms with Gasteiger partial charge in [0.2, 0.25) is 0 Å². The van der Waals surface area contributed by atoms with Crippen LogP contribution in [-0.4, -0.2) is 34.8 Å². The predicted octanol–water partition coefficient (Wildman–Crippen LogP) is 4.27. The maximum absolute atomic E-state index is 12.4. The molecular formula is C23H19ClN2O4. The van der Waals surface area contributed by atoms with Crippen LogP contribution in [0.2, 0.25) is 5.02 Å². The summed E-state index contributed by atoms with van der Waals surface area (Å²) in [4.78, 5) is 27.9. The van der Waals surface area contributed by atoms with Gasteiger partial charge in [-0.3, -0.25) is 4.98 Å². The number of halogens is 1. The van der Waals surface area contributed by atoms with Crippen LogP contribution in [0.1, 0.15) is 22.6 Å². The summed E-state index contributed by atoms with van der Waals surface area (Å²) >= 11 is 5.90. The molecule has 0 bridgehead atoms. The molecule has 0 saturated heterocycles. The maximum atomic E-state index is 12.4. The average Bonchev–Trinajstić information content (AvgIpc) is 3.06. The Bertz CT molecular complexity index is 1060. The fourth-order valence-corrected chi connectivity index (χ4v) is 3.98. The lowest BCUT2D eigenvalue weighted by atomic mass is 9.98. The van der Waals surface area contributed by atoms with Crippen LogP contribution < -0.4 is 5.32 Å². The number of rotatable bonds is 6. The van der Waals surface area contributed by atoms with Crippen LogP contribution in [0.5, 0.6) is 0 Å². The Morgan fingerprint density at radius 3 is 2.30 bits per heavy atom. The second-order valence-electron chi connectivity index (χ2n) is 7.08. The summed E-state index contributed by atoms with van der Waals surface area (Å²) in [5, 5.41) is 12.3. The van der Waals surface area contributed by atoms with Gasteiger partial charge in [-0.15, -0.1) is 0 Å². The number of amides is 1. The molecule has 1 atom stereocenters. The van der Waals surface area contributed by atoms with Gasteiger partial charge in [0.1, 0.15) is 12.6 Å². The van der Waals surface area contributed by atoms with Crippen molar-refractivity contribution in [2.24, 2.45) is 0 Å². The van der Waals surface area contributed by atoms with Crippen molar-refractivity contribution in [1.29, 1.82) is 0 Å². The Morgan fingerprint density at radius 2 is 1.70 bits per heavy atom. The first-order valence-corrected chi connectivity index (χ1v) is 9.84. The lowest BCUT2D eigenvalue weighted by Gasteiger charge is -2.17. The van der Waals surface area contributed by atoms with E-state index in [0.717, 1.165) is 22.3 Å². The van der Waals surface area contributed by atoms with Crippen molar-refractivity contribution < 1.29 is 19.4 Å². The molecule has 2 aromatic carbocycles. The average molecular weight is 423 g/mol. The molecule has 3 aromatic rings. The van der Waals surface area contributed by atoms with E-state index in [4.69, 9.17) is 16.3 Å². The Hall–Kier alpha value is -3.38. The number of benzene rings is 2. The molecule has 0 spiro atoms. The highest BCUT2D eigenvalue weighted by atomic mass is 35.5. The third-order valence-electron chi connectivity index (χ3n) is 5.14. The van der Waals surface area contributed by atoms with Crippen LogP contribution in [0.15, 0.2) is 67.0 Å². The zero-order valence-corrected chi connectivity index (χ0v) is 16.7. The molecule has 6 nitrogen and oxygen atoms in total. The standard InChI is InChI=1S/C23H19ClN2O4/c24-15-9-14(11-25-12-15)10-21(22(27)28)26-23(29)30-13-20-18-7-3-1-5-16(18)17-6-2-4-8-19(17)20/h1-9,11-12,20-21H,10,13H2,(H,26,29)(H,27,28). The molecule has 1 aliphatic carbocycles. The summed E-state index contributed by atoms with van der Waals surface area (Å²) in [5.74, 6) is -1.26. The van der Waals surface area contributed by atoms with E-state index >= 15 is 0 Å². The van der Waals surface area contributed by atoms with Crippen molar-refractivity contribution in [3.8, 4) is 11.1 Å². The Morgan fingerprint density at radius 1 is 1.07 bits per heavy atom. The number of nitrogens with zero attached hydrogens (tertiary/aromatic N) is 1. The number of aromatic nitrogens is 1. The van der Waals surface area contributed by atoms with Crippen molar-refractivity contribution in [1.82, 2.24) is 10.3 Å². The topological polar surface area (TPSA) is 88.5 Å². The smallest absolute Gasteiger partial charge is 0.407 e. The molecule has 2 N–H and O–H groups in total. The quantitative estimate of drug-likeness (QED) is 0.619. The minimum absolute atomic E-state index is 0.0487. The van der Waals surface area contributed by atoms with Gasteiger partial charge < -0.3 is 15.2 Å². The van der Waals surface area contributed by atoms with E-state index in [1.54, 1.807) is 6.07 Å². The molecule has 0 radical (unpaired) electrons. The van der Waals surface area contributed by atoms with Crippen molar-refractivity contribution in [2.75, 3.05) is 6.61 Å². The number of nitrogens with one attached hydrogen (secondary N) is 1. The highest BCUT2D eigenvalue weighted by Gasteiger charge is 2.29. The van der Waals surface area contributed by atoms with Gasteiger partial charge in [0.25, 0.3) is 0 Å². The number of carbonyl (C=O) groups excluding carboxylic acids is 1. The fraction of sp³-hybridized carbons (Fsp3) is 0.174. The third-order valence-corrected chi connectivity index (χ3v) is 5.34. The summed E-state index contributed by atoms with van der Waals surface area (Å²) < 4.78 is 5.43. The van der Waals surface area contributed by atoms with Crippen LogP contribution in [0, 0.1) is 0 Å². The molecule has 1 heterocycles. The summed E-state index contributed by atoms with van der Waals surface area (Å²) in [5.41, 5.74) is 5.03. The van der Waals surface area contributed by atoms with E-state index < -0.39 is 18.1 Å². The van der Waals surface area contributed by atoms with Gasteiger partial charge in [-0.25, -0.2) is 9.59 Å². The normalized spacial score (nSPS) is 13.2. The number of aliphatic carboxylic acids is 1. The minimum Gasteiger partial charge on any atom is -0.480 e. The fourth-order valence-electron chi connectivity index (χ4n) is 3.79. The van der Waals surface area contributed by atoms with Gasteiger partial charge >= 0.3 is 12.1 Å². The Kier molecular flexibility index (Phi) is 5.68. The number of carboxylic acids is 1. The molecule has 30 heavy (non-hydrogen) atoms. The molecular weight excluding hydrogens is 404 g/mol. The molecule has 1 amide bonds. The van der Waals surface area contributed by atoms with Crippen molar-refractivity contribution in [3.05, 3.63) is 88.7 Å². The zero-order valence-electron chi connectivity index (χ0n) is 15.9. The predicted molar refractivity (Wildman–Crippen MR) is 113 cm³/mol.